The molecule has 0 fully saturated rings. The van der Waals surface area contributed by atoms with Crippen LogP contribution in [-0.4, -0.2) is 138 Å². The van der Waals surface area contributed by atoms with Gasteiger partial charge in [0, 0.05) is 10.8 Å². The van der Waals surface area contributed by atoms with Gasteiger partial charge < -0.3 is 62.3 Å². The van der Waals surface area contributed by atoms with E-state index in [9.17, 15) is 47.9 Å². The molecule has 2 aromatic rings. The molecule has 430 valence electrons. The second-order valence-electron chi connectivity index (χ2n) is 19.9. The van der Waals surface area contributed by atoms with Gasteiger partial charge in [-0.2, -0.15) is 22.7 Å². The Morgan fingerprint density at radius 3 is 1.35 bits per heavy atom. The van der Waals surface area contributed by atoms with E-state index < -0.39 is 119 Å². The summed E-state index contributed by atoms with van der Waals surface area (Å²) in [5, 5.41) is 20.1. The highest BCUT2D eigenvalue weighted by atomic mass is 32.1. The van der Waals surface area contributed by atoms with E-state index in [0.29, 0.717) is 57.1 Å². The van der Waals surface area contributed by atoms with Crippen LogP contribution in [0.2, 0.25) is 0 Å². The predicted molar refractivity (Wildman–Crippen MR) is 298 cm³/mol. The van der Waals surface area contributed by atoms with E-state index in [0.717, 1.165) is 22.7 Å². The Morgan fingerprint density at radius 1 is 0.654 bits per heavy atom. The Morgan fingerprint density at radius 2 is 1.01 bits per heavy atom. The first-order chi connectivity index (χ1) is 36.6. The third-order valence-corrected chi connectivity index (χ3v) is 15.6. The lowest BCUT2D eigenvalue weighted by Crippen LogP contribution is -2.59. The monoisotopic (exact) mass is 1160 g/mol. The Labute approximate surface area is 468 Å². The normalized spacial score (nSPS) is 22.5. The summed E-state index contributed by atoms with van der Waals surface area (Å²) < 4.78 is 22.3. The third kappa shape index (κ3) is 20.2. The van der Waals surface area contributed by atoms with Crippen LogP contribution >= 0.6 is 45.4 Å². The second-order valence-corrected chi connectivity index (χ2v) is 24.2. The lowest BCUT2D eigenvalue weighted by atomic mass is 9.99. The molecule has 78 heavy (non-hydrogen) atoms. The predicted octanol–water partition coefficient (Wildman–Crippen LogP) is 1.33. The number of allylic oxidation sites excluding steroid dienone is 2. The maximum atomic E-state index is 13.5. The van der Waals surface area contributed by atoms with Crippen molar-refractivity contribution in [2.75, 3.05) is 11.5 Å². The van der Waals surface area contributed by atoms with Gasteiger partial charge in [-0.3, -0.25) is 28.8 Å². The number of ether oxygens (including phenoxy) is 4. The fraction of sp³-hybridized carbons (Fsp3) is 0.560. The average molecular weight is 1170 g/mol. The molecule has 0 aliphatic carbocycles. The van der Waals surface area contributed by atoms with Gasteiger partial charge in [0.1, 0.15) is 66.9 Å². The molecule has 4 bridgehead atoms. The van der Waals surface area contributed by atoms with Gasteiger partial charge in [0.05, 0.1) is 38.0 Å². The first-order valence-corrected chi connectivity index (χ1v) is 29.0. The molecule has 2 aliphatic rings. The number of amides is 6. The SMILES string of the molecule is CC(C)[C@@H]1NC(=O)C(C)(C)NC(=O)c2csc(n2)CNC(=O)C[C@@H](/C=C/CC/[SH]=C(/OC(=O)C(=O)O/C(=[SH]/CC/C=C/[C@@H]2CC(=O)NCc3nc(cs3)C(=O)NC(C)(C)C(=O)N[C@@H](C(C)C)C(=O)O2)[C@H](C)N)[C@H](C)N)OC1=O. The summed E-state index contributed by atoms with van der Waals surface area (Å²) in [5.41, 5.74) is 9.51. The van der Waals surface area contributed by atoms with Crippen LogP contribution in [0.25, 0.3) is 0 Å². The number of cyclic esters (lactones) is 2. The lowest BCUT2D eigenvalue weighted by molar-refractivity contribution is -0.157. The topological polar surface area (TPSA) is 358 Å². The molecule has 0 aromatic carbocycles. The van der Waals surface area contributed by atoms with Gasteiger partial charge in [0.2, 0.25) is 23.6 Å². The Balaban J connectivity index is 1.39. The van der Waals surface area contributed by atoms with E-state index in [1.807, 2.05) is 0 Å². The molecule has 10 N–H and O–H groups in total. The number of fused-ring (bicyclic) bond motifs is 4. The number of esters is 4. The molecular weight excluding hydrogens is 1090 g/mol. The fourth-order valence-electron chi connectivity index (χ4n) is 6.85. The highest BCUT2D eigenvalue weighted by molar-refractivity contribution is 7.98. The minimum atomic E-state index is -1.43. The van der Waals surface area contributed by atoms with Crippen molar-refractivity contribution in [2.24, 2.45) is 23.3 Å². The number of rotatable bonds is 12. The van der Waals surface area contributed by atoms with E-state index in [4.69, 9.17) is 30.4 Å². The summed E-state index contributed by atoms with van der Waals surface area (Å²) in [6, 6.07) is -3.87. The minimum Gasteiger partial charge on any atom is -0.456 e. The van der Waals surface area contributed by atoms with Crippen LogP contribution in [0.15, 0.2) is 35.1 Å². The molecule has 4 rings (SSSR count). The van der Waals surface area contributed by atoms with Gasteiger partial charge in [-0.15, -0.1) is 22.7 Å². The van der Waals surface area contributed by atoms with Gasteiger partial charge in [0.15, 0.2) is 0 Å². The van der Waals surface area contributed by atoms with Crippen LogP contribution in [0.5, 0.6) is 0 Å². The maximum Gasteiger partial charge on any atom is 0.423 e. The molecule has 0 spiro atoms. The number of aromatic nitrogens is 2. The average Bonchev–Trinajstić information content (AvgIpc) is 4.04. The quantitative estimate of drug-likeness (QED) is 0.0273. The molecule has 0 saturated heterocycles. The van der Waals surface area contributed by atoms with Crippen LogP contribution in [0.4, 0.5) is 0 Å². The summed E-state index contributed by atoms with van der Waals surface area (Å²) >= 11 is 3.15. The number of thiazole rings is 2. The number of thiol groups is 2. The first-order valence-electron chi connectivity index (χ1n) is 25.0. The number of hydrogen-bond donors (Lipinski definition) is 10. The van der Waals surface area contributed by atoms with E-state index in [1.165, 1.54) is 50.6 Å². The van der Waals surface area contributed by atoms with Crippen LogP contribution in [-0.2, 0) is 70.4 Å². The number of carbonyl (C=O) groups is 10. The molecule has 28 heteroatoms. The molecule has 24 nitrogen and oxygen atoms in total. The molecule has 4 heterocycles. The zero-order chi connectivity index (χ0) is 58.1. The first kappa shape index (κ1) is 64.3. The van der Waals surface area contributed by atoms with Gasteiger partial charge in [-0.1, -0.05) is 39.8 Å². The van der Waals surface area contributed by atoms with Gasteiger partial charge in [-0.05, 0) is 89.9 Å². The van der Waals surface area contributed by atoms with Crippen molar-refractivity contribution in [3.05, 3.63) is 56.5 Å². The maximum absolute atomic E-state index is 13.5. The molecular formula is C50H72N10O14S4. The zero-order valence-electron chi connectivity index (χ0n) is 45.2. The van der Waals surface area contributed by atoms with Gasteiger partial charge in [-0.25, -0.2) is 29.1 Å². The number of carbonyl (C=O) groups excluding carboxylic acids is 10. The minimum absolute atomic E-state index is 0.0000106. The van der Waals surface area contributed by atoms with Crippen molar-refractivity contribution in [3.8, 4) is 0 Å². The standard InChI is InChI=1S/C50H72N10O14S4/c1-25(2)37-41(65)71-29(19-33(61)53-21-35-55-31(23-77-35)39(63)59-49(7,8)47(69)57-37)15-11-13-17-75-45(27(5)51)73-43(67)44(68)74-46(28(6)52)76-18-14-12-16-30-20-34(62)54-22-36-56-32(24-78-36)40(64)60-50(9,10)48(70)58-38(26(3)4)42(66)72-30/h11-12,15-16,23-30,37-38,75-76H,13-14,17-22,51-52H2,1-10H3,(H,53,61)(H,54,62)(H,57,69)(H,58,70)(H,59,63)(H,60,64)/b15-11+,16-12+/t27-,28-,29+,30+,37-,38-/m0/s1. The molecule has 2 aromatic heterocycles. The van der Waals surface area contributed by atoms with E-state index in [-0.39, 0.29) is 47.4 Å². The number of hydrogen-bond acceptors (Lipinski definition) is 20. The van der Waals surface area contributed by atoms with Crippen LogP contribution in [0, 0.1) is 11.8 Å². The summed E-state index contributed by atoms with van der Waals surface area (Å²) in [5.74, 6) is -7.97. The molecule has 0 radical (unpaired) electrons. The van der Waals surface area contributed by atoms with Gasteiger partial charge >= 0.3 is 23.9 Å². The number of nitrogens with one attached hydrogen (secondary N) is 6. The van der Waals surface area contributed by atoms with Crippen molar-refractivity contribution in [1.82, 2.24) is 41.9 Å². The van der Waals surface area contributed by atoms with Crippen LogP contribution < -0.4 is 43.4 Å². The van der Waals surface area contributed by atoms with Crippen molar-refractivity contribution >= 4 is 115 Å². The Bertz CT molecular complexity index is 2500. The fourth-order valence-corrected chi connectivity index (χ4v) is 10.1. The highest BCUT2D eigenvalue weighted by Gasteiger charge is 2.38. The second kappa shape index (κ2) is 29.7. The lowest BCUT2D eigenvalue weighted by Gasteiger charge is -2.29. The van der Waals surface area contributed by atoms with Crippen molar-refractivity contribution in [2.45, 2.75) is 155 Å². The molecule has 6 atom stereocenters. The molecule has 0 saturated carbocycles. The van der Waals surface area contributed by atoms with E-state index in [2.05, 4.69) is 41.9 Å². The summed E-state index contributed by atoms with van der Waals surface area (Å²) in [6.45, 7) is 15.9. The van der Waals surface area contributed by atoms with Crippen molar-refractivity contribution in [3.63, 3.8) is 0 Å². The summed E-state index contributed by atoms with van der Waals surface area (Å²) in [4.78, 5) is 140. The summed E-state index contributed by atoms with van der Waals surface area (Å²) in [7, 11) is 0. The smallest absolute Gasteiger partial charge is 0.423 e. The summed E-state index contributed by atoms with van der Waals surface area (Å²) in [6.07, 6.45) is 4.32. The van der Waals surface area contributed by atoms with E-state index in [1.54, 1.807) is 53.7 Å². The molecule has 2 aliphatic heterocycles. The molecule has 6 amide bonds. The Kier molecular flexibility index (Phi) is 24.5. The van der Waals surface area contributed by atoms with Crippen molar-refractivity contribution < 1.29 is 66.9 Å². The number of nitrogens with zero attached hydrogens (tertiary/aromatic N) is 2. The zero-order valence-corrected chi connectivity index (χ0v) is 48.6. The van der Waals surface area contributed by atoms with Gasteiger partial charge in [0.25, 0.3) is 11.8 Å². The largest absolute Gasteiger partial charge is 0.456 e. The third-order valence-electron chi connectivity index (χ3n) is 11.3. The number of nitrogens with two attached hydrogens (primary N) is 2. The Hall–Kier alpha value is -6.20. The molecule has 0 unspecified atom stereocenters. The van der Waals surface area contributed by atoms with E-state index >= 15 is 0 Å². The van der Waals surface area contributed by atoms with Crippen molar-refractivity contribution in [1.29, 1.82) is 0 Å². The highest BCUT2D eigenvalue weighted by Crippen LogP contribution is 2.18. The van der Waals surface area contributed by atoms with Crippen LogP contribution in [0.1, 0.15) is 126 Å². The van der Waals surface area contributed by atoms with Crippen LogP contribution in [0.3, 0.4) is 0 Å².